The van der Waals surface area contributed by atoms with E-state index in [0.29, 0.717) is 10.0 Å². The number of thioether (sulfide) groups is 1. The Labute approximate surface area is 174 Å². The predicted molar refractivity (Wildman–Crippen MR) is 112 cm³/mol. The fourth-order valence-electron chi connectivity index (χ4n) is 2.49. The summed E-state index contributed by atoms with van der Waals surface area (Å²) in [5.74, 6) is -0.0994. The normalized spacial score (nSPS) is 11.7. The Hall–Kier alpha value is -1.69. The molecule has 2 rings (SSSR count). The Bertz CT molecular complexity index is 812. The molecule has 0 spiro atoms. The van der Waals surface area contributed by atoms with E-state index >= 15 is 0 Å². The maximum absolute atomic E-state index is 12.9. The number of carbonyl (C=O) groups excluding carboxylic acids is 2. The molecule has 0 aliphatic carbocycles. The molecule has 0 bridgehead atoms. The van der Waals surface area contributed by atoms with E-state index in [1.807, 2.05) is 31.2 Å². The third kappa shape index (κ3) is 6.16. The molecule has 144 valence electrons. The molecule has 0 saturated carbocycles. The monoisotopic (exact) mass is 424 g/mol. The molecular weight excluding hydrogens is 403 g/mol. The summed E-state index contributed by atoms with van der Waals surface area (Å²) in [6, 6.07) is 12.6. The second-order valence-electron chi connectivity index (χ2n) is 6.16. The Balaban J connectivity index is 2.14. The number of rotatable bonds is 7. The van der Waals surface area contributed by atoms with Crippen LogP contribution < -0.4 is 5.32 Å². The SMILES string of the molecule is CNC(=O)[C@H](C)N(Cc1ccc(Cl)c(Cl)c1)C(=O)CSc1ccc(C)cc1. The van der Waals surface area contributed by atoms with Gasteiger partial charge >= 0.3 is 0 Å². The molecule has 2 amide bonds. The number of aryl methyl sites for hydroxylation is 1. The van der Waals surface area contributed by atoms with E-state index in [1.54, 1.807) is 37.1 Å². The standard InChI is InChI=1S/C20H22Cl2N2O2S/c1-13-4-7-16(8-5-13)27-12-19(25)24(14(2)20(26)23-3)11-15-6-9-17(21)18(22)10-15/h4-10,14H,11-12H2,1-3H3,(H,23,26)/t14-/m0/s1. The van der Waals surface area contributed by atoms with Crippen molar-refractivity contribution in [2.75, 3.05) is 12.8 Å². The average Bonchev–Trinajstić information content (AvgIpc) is 2.67. The number of nitrogens with zero attached hydrogens (tertiary/aromatic N) is 1. The summed E-state index contributed by atoms with van der Waals surface area (Å²) in [5.41, 5.74) is 1.98. The smallest absolute Gasteiger partial charge is 0.242 e. The fourth-order valence-corrected chi connectivity index (χ4v) is 3.59. The van der Waals surface area contributed by atoms with Crippen molar-refractivity contribution in [1.82, 2.24) is 10.2 Å². The number of hydrogen-bond donors (Lipinski definition) is 1. The minimum Gasteiger partial charge on any atom is -0.357 e. The van der Waals surface area contributed by atoms with Crippen molar-refractivity contribution in [3.05, 3.63) is 63.6 Å². The first-order valence-corrected chi connectivity index (χ1v) is 10.2. The molecule has 1 atom stereocenters. The first-order chi connectivity index (χ1) is 12.8. The molecule has 0 fully saturated rings. The molecule has 0 aliphatic rings. The van der Waals surface area contributed by atoms with Gasteiger partial charge in [0.1, 0.15) is 6.04 Å². The van der Waals surface area contributed by atoms with Crippen molar-refractivity contribution in [3.63, 3.8) is 0 Å². The van der Waals surface area contributed by atoms with Gasteiger partial charge in [-0.15, -0.1) is 11.8 Å². The second kappa shape index (κ2) is 10.0. The number of nitrogens with one attached hydrogen (secondary N) is 1. The lowest BCUT2D eigenvalue weighted by Crippen LogP contribution is -2.47. The Kier molecular flexibility index (Phi) is 8.02. The molecule has 7 heteroatoms. The van der Waals surface area contributed by atoms with Crippen LogP contribution in [-0.2, 0) is 16.1 Å². The minimum atomic E-state index is -0.601. The highest BCUT2D eigenvalue weighted by Gasteiger charge is 2.25. The molecule has 0 unspecified atom stereocenters. The summed E-state index contributed by atoms with van der Waals surface area (Å²) in [6.45, 7) is 4.01. The van der Waals surface area contributed by atoms with Gasteiger partial charge in [-0.25, -0.2) is 0 Å². The highest BCUT2D eigenvalue weighted by Crippen LogP contribution is 2.24. The van der Waals surface area contributed by atoms with E-state index in [1.165, 1.54) is 17.3 Å². The van der Waals surface area contributed by atoms with Gasteiger partial charge in [-0.05, 0) is 43.7 Å². The lowest BCUT2D eigenvalue weighted by molar-refractivity contribution is -0.138. The van der Waals surface area contributed by atoms with Crippen LogP contribution in [-0.4, -0.2) is 35.6 Å². The van der Waals surface area contributed by atoms with E-state index in [-0.39, 0.29) is 24.1 Å². The number of carbonyl (C=O) groups is 2. The quantitative estimate of drug-likeness (QED) is 0.662. The van der Waals surface area contributed by atoms with Gasteiger partial charge in [0, 0.05) is 18.5 Å². The van der Waals surface area contributed by atoms with E-state index in [4.69, 9.17) is 23.2 Å². The molecule has 2 aromatic carbocycles. The lowest BCUT2D eigenvalue weighted by atomic mass is 10.1. The van der Waals surface area contributed by atoms with Crippen LogP contribution >= 0.6 is 35.0 Å². The number of halogens is 2. The Morgan fingerprint density at radius 2 is 1.78 bits per heavy atom. The third-order valence-electron chi connectivity index (χ3n) is 4.13. The van der Waals surface area contributed by atoms with Crippen LogP contribution in [0.5, 0.6) is 0 Å². The van der Waals surface area contributed by atoms with Crippen molar-refractivity contribution >= 4 is 46.8 Å². The zero-order valence-corrected chi connectivity index (χ0v) is 17.8. The number of benzene rings is 2. The van der Waals surface area contributed by atoms with Crippen molar-refractivity contribution in [2.45, 2.75) is 31.3 Å². The lowest BCUT2D eigenvalue weighted by Gasteiger charge is -2.28. The summed E-state index contributed by atoms with van der Waals surface area (Å²) >= 11 is 13.5. The third-order valence-corrected chi connectivity index (χ3v) is 5.87. The summed E-state index contributed by atoms with van der Waals surface area (Å²) in [7, 11) is 1.56. The maximum Gasteiger partial charge on any atom is 0.242 e. The minimum absolute atomic E-state index is 0.122. The van der Waals surface area contributed by atoms with Crippen molar-refractivity contribution in [2.24, 2.45) is 0 Å². The van der Waals surface area contributed by atoms with Crippen molar-refractivity contribution in [1.29, 1.82) is 0 Å². The van der Waals surface area contributed by atoms with Gasteiger partial charge in [-0.3, -0.25) is 9.59 Å². The van der Waals surface area contributed by atoms with Crippen LogP contribution in [0.1, 0.15) is 18.1 Å². The Morgan fingerprint density at radius 3 is 2.37 bits per heavy atom. The van der Waals surface area contributed by atoms with Gasteiger partial charge in [0.25, 0.3) is 0 Å². The van der Waals surface area contributed by atoms with Crippen LogP contribution in [0, 0.1) is 6.92 Å². The molecule has 1 N–H and O–H groups in total. The molecule has 27 heavy (non-hydrogen) atoms. The van der Waals surface area contributed by atoms with Gasteiger partial charge in [0.15, 0.2) is 0 Å². The molecular formula is C20H22Cl2N2O2S. The number of likely N-dealkylation sites (N-methyl/N-ethyl adjacent to an activating group) is 1. The van der Waals surface area contributed by atoms with Gasteiger partial charge in [0.05, 0.1) is 15.8 Å². The fraction of sp³-hybridized carbons (Fsp3) is 0.300. The largest absolute Gasteiger partial charge is 0.357 e. The van der Waals surface area contributed by atoms with E-state index in [0.717, 1.165) is 10.5 Å². The van der Waals surface area contributed by atoms with Crippen LogP contribution in [0.25, 0.3) is 0 Å². The maximum atomic E-state index is 12.9. The molecule has 2 aromatic rings. The van der Waals surface area contributed by atoms with Gasteiger partial charge in [0.2, 0.25) is 11.8 Å². The topological polar surface area (TPSA) is 49.4 Å². The van der Waals surface area contributed by atoms with E-state index in [2.05, 4.69) is 5.32 Å². The van der Waals surface area contributed by atoms with Crippen LogP contribution in [0.15, 0.2) is 47.4 Å². The Morgan fingerprint density at radius 1 is 1.11 bits per heavy atom. The number of amides is 2. The summed E-state index contributed by atoms with van der Waals surface area (Å²) in [4.78, 5) is 27.6. The highest BCUT2D eigenvalue weighted by atomic mass is 35.5. The zero-order valence-electron chi connectivity index (χ0n) is 15.5. The van der Waals surface area contributed by atoms with Crippen LogP contribution in [0.4, 0.5) is 0 Å². The zero-order chi connectivity index (χ0) is 20.0. The summed E-state index contributed by atoms with van der Waals surface area (Å²) < 4.78 is 0. The summed E-state index contributed by atoms with van der Waals surface area (Å²) in [5, 5.41) is 3.47. The first kappa shape index (κ1) is 21.6. The second-order valence-corrected chi connectivity index (χ2v) is 8.03. The molecule has 0 heterocycles. The highest BCUT2D eigenvalue weighted by molar-refractivity contribution is 8.00. The van der Waals surface area contributed by atoms with Crippen LogP contribution in [0.3, 0.4) is 0 Å². The average molecular weight is 425 g/mol. The van der Waals surface area contributed by atoms with Crippen molar-refractivity contribution < 1.29 is 9.59 Å². The number of hydrogen-bond acceptors (Lipinski definition) is 3. The van der Waals surface area contributed by atoms with E-state index in [9.17, 15) is 9.59 Å². The van der Waals surface area contributed by atoms with Crippen LogP contribution in [0.2, 0.25) is 10.0 Å². The molecule has 0 radical (unpaired) electrons. The van der Waals surface area contributed by atoms with Gasteiger partial charge < -0.3 is 10.2 Å². The van der Waals surface area contributed by atoms with Gasteiger partial charge in [-0.1, -0.05) is 47.0 Å². The first-order valence-electron chi connectivity index (χ1n) is 8.46. The molecule has 0 saturated heterocycles. The summed E-state index contributed by atoms with van der Waals surface area (Å²) in [6.07, 6.45) is 0. The van der Waals surface area contributed by atoms with E-state index < -0.39 is 6.04 Å². The van der Waals surface area contributed by atoms with Crippen molar-refractivity contribution in [3.8, 4) is 0 Å². The molecule has 4 nitrogen and oxygen atoms in total. The molecule has 0 aromatic heterocycles. The van der Waals surface area contributed by atoms with Gasteiger partial charge in [-0.2, -0.15) is 0 Å². The molecule has 0 aliphatic heterocycles. The predicted octanol–water partition coefficient (Wildman–Crippen LogP) is 4.56.